The first-order valence-corrected chi connectivity index (χ1v) is 5.83. The first-order chi connectivity index (χ1) is 8.58. The van der Waals surface area contributed by atoms with E-state index < -0.39 is 0 Å². The lowest BCUT2D eigenvalue weighted by molar-refractivity contribution is 0.969. The molecule has 0 aliphatic rings. The Morgan fingerprint density at radius 2 is 2.28 bits per heavy atom. The van der Waals surface area contributed by atoms with Crippen LogP contribution in [0.5, 0.6) is 0 Å². The number of aromatic nitrogens is 2. The van der Waals surface area contributed by atoms with Crippen LogP contribution in [0.4, 0.5) is 5.69 Å². The van der Waals surface area contributed by atoms with Gasteiger partial charge in [-0.15, -0.1) is 0 Å². The molecule has 4 nitrogen and oxygen atoms in total. The highest BCUT2D eigenvalue weighted by molar-refractivity contribution is 7.71. The minimum Gasteiger partial charge on any atom is -0.399 e. The van der Waals surface area contributed by atoms with Gasteiger partial charge in [-0.2, -0.15) is 0 Å². The smallest absolute Gasteiger partial charge is 0.266 e. The molecule has 2 rings (SSSR count). The molecule has 0 saturated carbocycles. The van der Waals surface area contributed by atoms with Crippen LogP contribution in [0, 0.1) is 4.77 Å². The molecule has 0 unspecified atom stereocenters. The topological polar surface area (TPSA) is 63.8 Å². The van der Waals surface area contributed by atoms with E-state index in [9.17, 15) is 4.79 Å². The van der Waals surface area contributed by atoms with Crippen molar-refractivity contribution in [3.05, 3.63) is 52.1 Å². The van der Waals surface area contributed by atoms with Crippen molar-refractivity contribution in [2.45, 2.75) is 6.92 Å². The molecular formula is C13H13N3OS. The third-order valence-electron chi connectivity index (χ3n) is 2.68. The van der Waals surface area contributed by atoms with Crippen molar-refractivity contribution in [1.82, 2.24) is 9.55 Å². The fourth-order valence-electron chi connectivity index (χ4n) is 1.80. The summed E-state index contributed by atoms with van der Waals surface area (Å²) in [6.07, 6.45) is 3.36. The molecule has 0 aliphatic carbocycles. The average molecular weight is 259 g/mol. The summed E-state index contributed by atoms with van der Waals surface area (Å²) in [7, 11) is 0. The lowest BCUT2D eigenvalue weighted by atomic mass is 10.2. The van der Waals surface area contributed by atoms with E-state index in [4.69, 9.17) is 18.0 Å². The monoisotopic (exact) mass is 259 g/mol. The zero-order chi connectivity index (χ0) is 13.3. The second-order valence-electron chi connectivity index (χ2n) is 3.79. The molecule has 3 N–H and O–H groups in total. The van der Waals surface area contributed by atoms with Crippen LogP contribution in [0.3, 0.4) is 0 Å². The number of hydrogen-bond donors (Lipinski definition) is 2. The Morgan fingerprint density at radius 3 is 2.89 bits per heavy atom. The minimum absolute atomic E-state index is 0.200. The van der Waals surface area contributed by atoms with Crippen molar-refractivity contribution < 1.29 is 0 Å². The van der Waals surface area contributed by atoms with Crippen LogP contribution >= 0.6 is 12.2 Å². The first kappa shape index (κ1) is 12.3. The van der Waals surface area contributed by atoms with Crippen LogP contribution in [-0.4, -0.2) is 9.55 Å². The Morgan fingerprint density at radius 1 is 1.56 bits per heavy atom. The molecular weight excluding hydrogens is 246 g/mol. The van der Waals surface area contributed by atoms with Gasteiger partial charge in [-0.25, -0.2) is 0 Å². The minimum atomic E-state index is -0.200. The number of aromatic amines is 1. The number of hydrogen-bond acceptors (Lipinski definition) is 3. The summed E-state index contributed by atoms with van der Waals surface area (Å²) in [4.78, 5) is 15.4. The summed E-state index contributed by atoms with van der Waals surface area (Å²) < 4.78 is 1.75. The van der Waals surface area contributed by atoms with E-state index >= 15 is 0 Å². The molecule has 2 aromatic rings. The van der Waals surface area contributed by atoms with E-state index in [1.807, 2.05) is 6.92 Å². The SMILES string of the molecule is C=C/C(=C\C)n1c(=S)[nH]c2ccc(N)cc2c1=O. The highest BCUT2D eigenvalue weighted by atomic mass is 32.1. The van der Waals surface area contributed by atoms with Gasteiger partial charge in [0, 0.05) is 11.4 Å². The predicted octanol–water partition coefficient (Wildman–Crippen LogP) is 2.69. The standard InChI is InChI=1S/C13H13N3OS/c1-3-9(4-2)16-12(17)10-7-8(14)5-6-11(10)15-13(16)18/h3-7H,1,14H2,2H3,(H,15,18)/b9-4+. The number of nitrogen functional groups attached to an aromatic ring is 1. The average Bonchev–Trinajstić information content (AvgIpc) is 2.35. The molecule has 0 fully saturated rings. The zero-order valence-corrected chi connectivity index (χ0v) is 10.8. The van der Waals surface area contributed by atoms with Gasteiger partial charge in [0.1, 0.15) is 0 Å². The summed E-state index contributed by atoms with van der Waals surface area (Å²) in [6, 6.07) is 5.10. The van der Waals surface area contributed by atoms with E-state index in [1.165, 1.54) is 4.57 Å². The number of fused-ring (bicyclic) bond motifs is 1. The lowest BCUT2D eigenvalue weighted by Crippen LogP contribution is -2.21. The summed E-state index contributed by atoms with van der Waals surface area (Å²) in [5.74, 6) is 0. The van der Waals surface area contributed by atoms with Gasteiger partial charge in [0.2, 0.25) is 0 Å². The number of H-pyrrole nitrogens is 1. The van der Waals surface area contributed by atoms with E-state index in [0.717, 1.165) is 0 Å². The summed E-state index contributed by atoms with van der Waals surface area (Å²) in [5.41, 5.74) is 7.36. The third-order valence-corrected chi connectivity index (χ3v) is 2.97. The summed E-state index contributed by atoms with van der Waals surface area (Å²) in [6.45, 7) is 5.50. The van der Waals surface area contributed by atoms with Crippen LogP contribution in [0.15, 0.2) is 41.7 Å². The molecule has 0 atom stereocenters. The van der Waals surface area contributed by atoms with E-state index in [-0.39, 0.29) is 5.56 Å². The largest absolute Gasteiger partial charge is 0.399 e. The van der Waals surface area contributed by atoms with E-state index in [2.05, 4.69) is 11.6 Å². The zero-order valence-electron chi connectivity index (χ0n) is 9.93. The van der Waals surface area contributed by atoms with Crippen LogP contribution < -0.4 is 11.3 Å². The van der Waals surface area contributed by atoms with Gasteiger partial charge < -0.3 is 10.7 Å². The van der Waals surface area contributed by atoms with Gasteiger partial charge in [0.05, 0.1) is 10.9 Å². The number of rotatable bonds is 2. The molecule has 0 amide bonds. The number of nitrogens with one attached hydrogen (secondary N) is 1. The summed E-state index contributed by atoms with van der Waals surface area (Å²) >= 11 is 5.20. The molecule has 92 valence electrons. The molecule has 0 aliphatic heterocycles. The Labute approximate surface area is 109 Å². The molecule has 18 heavy (non-hydrogen) atoms. The maximum absolute atomic E-state index is 12.4. The predicted molar refractivity (Wildman–Crippen MR) is 77.9 cm³/mol. The van der Waals surface area contributed by atoms with E-state index in [0.29, 0.717) is 27.1 Å². The van der Waals surface area contributed by atoms with Crippen molar-refractivity contribution in [3.63, 3.8) is 0 Å². The highest BCUT2D eigenvalue weighted by Gasteiger charge is 2.07. The van der Waals surface area contributed by atoms with Crippen LogP contribution in [0.2, 0.25) is 0 Å². The molecule has 0 bridgehead atoms. The van der Waals surface area contributed by atoms with Crippen molar-refractivity contribution in [3.8, 4) is 0 Å². The molecule has 1 aromatic carbocycles. The quantitative estimate of drug-likeness (QED) is 0.495. The van der Waals surface area contributed by atoms with Crippen molar-refractivity contribution >= 4 is 34.5 Å². The van der Waals surface area contributed by atoms with Gasteiger partial charge in [-0.05, 0) is 43.4 Å². The van der Waals surface area contributed by atoms with Gasteiger partial charge in [-0.1, -0.05) is 12.7 Å². The van der Waals surface area contributed by atoms with Crippen LogP contribution in [-0.2, 0) is 0 Å². The number of anilines is 1. The number of allylic oxidation sites excluding steroid dienone is 3. The Hall–Kier alpha value is -2.14. The molecule has 0 saturated heterocycles. The Kier molecular flexibility index (Phi) is 3.16. The van der Waals surface area contributed by atoms with Crippen molar-refractivity contribution in [2.24, 2.45) is 0 Å². The second-order valence-corrected chi connectivity index (χ2v) is 4.18. The van der Waals surface area contributed by atoms with Crippen molar-refractivity contribution in [2.75, 3.05) is 5.73 Å². The molecule has 1 aromatic heterocycles. The maximum atomic E-state index is 12.4. The van der Waals surface area contributed by atoms with E-state index in [1.54, 1.807) is 30.4 Å². The molecule has 0 spiro atoms. The fourth-order valence-corrected chi connectivity index (χ4v) is 2.10. The second kappa shape index (κ2) is 4.62. The Bertz CT molecular complexity index is 768. The normalized spacial score (nSPS) is 11.7. The van der Waals surface area contributed by atoms with Gasteiger partial charge in [0.25, 0.3) is 5.56 Å². The number of benzene rings is 1. The number of nitrogens with two attached hydrogens (primary N) is 1. The first-order valence-electron chi connectivity index (χ1n) is 5.42. The third kappa shape index (κ3) is 1.89. The molecule has 5 heteroatoms. The number of nitrogens with zero attached hydrogens (tertiary/aromatic N) is 1. The highest BCUT2D eigenvalue weighted by Crippen LogP contribution is 2.13. The molecule has 0 radical (unpaired) electrons. The lowest BCUT2D eigenvalue weighted by Gasteiger charge is -2.08. The van der Waals surface area contributed by atoms with Crippen LogP contribution in [0.25, 0.3) is 16.6 Å². The Balaban J connectivity index is 2.97. The maximum Gasteiger partial charge on any atom is 0.266 e. The molecule has 1 heterocycles. The van der Waals surface area contributed by atoms with Gasteiger partial charge >= 0.3 is 0 Å². The van der Waals surface area contributed by atoms with Crippen LogP contribution in [0.1, 0.15) is 6.92 Å². The van der Waals surface area contributed by atoms with Gasteiger partial charge in [-0.3, -0.25) is 9.36 Å². The van der Waals surface area contributed by atoms with Crippen molar-refractivity contribution in [1.29, 1.82) is 0 Å². The fraction of sp³-hybridized carbons (Fsp3) is 0.0769. The summed E-state index contributed by atoms with van der Waals surface area (Å²) in [5, 5.41) is 0.504. The van der Waals surface area contributed by atoms with Gasteiger partial charge in [0.15, 0.2) is 4.77 Å².